The fraction of sp³-hybridized carbons (Fsp3) is 0.654. The molecule has 7 nitrogen and oxygen atoms in total. The van der Waals surface area contributed by atoms with Gasteiger partial charge in [-0.05, 0) is 43.7 Å². The van der Waals surface area contributed by atoms with Gasteiger partial charge in [-0.1, -0.05) is 54.9 Å². The Labute approximate surface area is 220 Å². The Hall–Kier alpha value is -1.58. The van der Waals surface area contributed by atoms with E-state index in [1.807, 2.05) is 52.8 Å². The third-order valence-electron chi connectivity index (χ3n) is 7.87. The van der Waals surface area contributed by atoms with Crippen molar-refractivity contribution in [1.29, 1.82) is 0 Å². The number of amides is 3. The number of hydrogen-bond donors (Lipinski definition) is 3. The van der Waals surface area contributed by atoms with Gasteiger partial charge in [-0.15, -0.1) is 11.8 Å². The lowest BCUT2D eigenvalue weighted by atomic mass is 9.70. The first kappa shape index (κ1) is 26.5. The maximum atomic E-state index is 14.1. The lowest BCUT2D eigenvalue weighted by molar-refractivity contribution is -0.142. The number of halogens is 1. The predicted octanol–water partition coefficient (Wildman–Crippen LogP) is 3.25. The summed E-state index contributed by atoms with van der Waals surface area (Å²) in [5.41, 5.74) is 2.65. The van der Waals surface area contributed by atoms with E-state index in [1.54, 1.807) is 16.7 Å². The summed E-state index contributed by atoms with van der Waals surface area (Å²) in [5, 5.41) is 16.4. The van der Waals surface area contributed by atoms with Crippen molar-refractivity contribution >= 4 is 51.1 Å². The monoisotopic (exact) mass is 565 g/mol. The zero-order valence-corrected chi connectivity index (χ0v) is 23.4. The van der Waals surface area contributed by atoms with Crippen LogP contribution in [-0.2, 0) is 14.4 Å². The number of aliphatic hydroxyl groups is 1. The number of rotatable bonds is 8. The maximum Gasteiger partial charge on any atom is 0.248 e. The molecule has 9 heteroatoms. The van der Waals surface area contributed by atoms with E-state index < -0.39 is 28.7 Å². The van der Waals surface area contributed by atoms with E-state index in [0.29, 0.717) is 13.0 Å². The van der Waals surface area contributed by atoms with Gasteiger partial charge in [0.15, 0.2) is 0 Å². The predicted molar refractivity (Wildman–Crippen MR) is 143 cm³/mol. The normalized spacial score (nSPS) is 32.2. The van der Waals surface area contributed by atoms with Crippen LogP contribution in [0.25, 0.3) is 0 Å². The second-order valence-corrected chi connectivity index (χ2v) is 13.2. The van der Waals surface area contributed by atoms with Gasteiger partial charge in [-0.25, -0.2) is 0 Å². The van der Waals surface area contributed by atoms with Crippen LogP contribution in [0.3, 0.4) is 0 Å². The van der Waals surface area contributed by atoms with Crippen LogP contribution >= 0.6 is 27.7 Å². The van der Waals surface area contributed by atoms with E-state index in [2.05, 4.69) is 26.6 Å². The number of carbonyl (C=O) groups is 3. The fourth-order valence-electron chi connectivity index (χ4n) is 6.21. The number of aliphatic hydroxyl groups excluding tert-OH is 1. The van der Waals surface area contributed by atoms with Gasteiger partial charge in [0.2, 0.25) is 17.7 Å². The zero-order chi connectivity index (χ0) is 25.7. The van der Waals surface area contributed by atoms with Gasteiger partial charge >= 0.3 is 0 Å². The summed E-state index contributed by atoms with van der Waals surface area (Å²) >= 11 is 5.40. The molecule has 35 heavy (non-hydrogen) atoms. The van der Waals surface area contributed by atoms with E-state index >= 15 is 0 Å². The van der Waals surface area contributed by atoms with Gasteiger partial charge in [-0.2, -0.15) is 0 Å². The molecule has 3 unspecified atom stereocenters. The number of alkyl halides is 1. The Balaban J connectivity index is 1.79. The quantitative estimate of drug-likeness (QED) is 0.420. The summed E-state index contributed by atoms with van der Waals surface area (Å²) in [4.78, 5) is 43.1. The van der Waals surface area contributed by atoms with Gasteiger partial charge in [0, 0.05) is 22.3 Å². The molecule has 3 saturated heterocycles. The Morgan fingerprint density at radius 3 is 2.49 bits per heavy atom. The average Bonchev–Trinajstić information content (AvgIpc) is 3.39. The van der Waals surface area contributed by atoms with Crippen LogP contribution in [0.2, 0.25) is 0 Å². The molecule has 3 aliphatic rings. The number of aryl methyl sites for hydroxylation is 2. The molecule has 0 saturated carbocycles. The number of thioether (sulfide) groups is 1. The number of nitrogens with zero attached hydrogens (tertiary/aromatic N) is 1. The van der Waals surface area contributed by atoms with Gasteiger partial charge in [0.05, 0.1) is 29.2 Å². The minimum Gasteiger partial charge on any atom is -0.394 e. The van der Waals surface area contributed by atoms with Crippen molar-refractivity contribution in [3.63, 3.8) is 0 Å². The lowest BCUT2D eigenvalue weighted by Gasteiger charge is -2.38. The molecule has 3 heterocycles. The average molecular weight is 567 g/mol. The van der Waals surface area contributed by atoms with Crippen molar-refractivity contribution in [3.05, 3.63) is 29.3 Å². The summed E-state index contributed by atoms with van der Waals surface area (Å²) in [6, 6.07) is 4.56. The second-order valence-electron chi connectivity index (χ2n) is 10.5. The zero-order valence-electron chi connectivity index (χ0n) is 21.0. The smallest absolute Gasteiger partial charge is 0.248 e. The minimum absolute atomic E-state index is 0.0241. The van der Waals surface area contributed by atoms with Crippen LogP contribution in [0.1, 0.15) is 44.7 Å². The molecule has 1 spiro atoms. The largest absolute Gasteiger partial charge is 0.394 e. The molecular weight excluding hydrogens is 530 g/mol. The fourth-order valence-corrected chi connectivity index (χ4v) is 9.81. The molecule has 3 aliphatic heterocycles. The van der Waals surface area contributed by atoms with Crippen molar-refractivity contribution in [2.75, 3.05) is 18.5 Å². The van der Waals surface area contributed by atoms with Gasteiger partial charge < -0.3 is 20.6 Å². The van der Waals surface area contributed by atoms with E-state index in [1.165, 1.54) is 0 Å². The van der Waals surface area contributed by atoms with Crippen molar-refractivity contribution in [3.8, 4) is 0 Å². The Bertz CT molecular complexity index is 1000. The summed E-state index contributed by atoms with van der Waals surface area (Å²) in [5.74, 6) is -1.71. The summed E-state index contributed by atoms with van der Waals surface area (Å²) in [6.07, 6.45) is 1.43. The van der Waals surface area contributed by atoms with Crippen molar-refractivity contribution in [2.24, 2.45) is 17.8 Å². The summed E-state index contributed by atoms with van der Waals surface area (Å²) in [6.45, 7) is 10.1. The number of para-hydroxylation sites is 1. The minimum atomic E-state index is -0.780. The molecule has 1 aromatic carbocycles. The van der Waals surface area contributed by atoms with Crippen LogP contribution in [0.15, 0.2) is 18.2 Å². The van der Waals surface area contributed by atoms with Crippen molar-refractivity contribution < 1.29 is 19.5 Å². The topological polar surface area (TPSA) is 98.7 Å². The van der Waals surface area contributed by atoms with Gasteiger partial charge in [0.1, 0.15) is 6.04 Å². The Kier molecular flexibility index (Phi) is 7.61. The first-order valence-electron chi connectivity index (χ1n) is 12.5. The highest BCUT2D eigenvalue weighted by Gasteiger charge is 2.76. The van der Waals surface area contributed by atoms with E-state index in [0.717, 1.165) is 23.2 Å². The highest BCUT2D eigenvalue weighted by Crippen LogP contribution is 2.68. The SMILES string of the molecule is CCCNC(=O)[C@H]1[C@@H]2SC3(CC2Br)C(C(=O)Nc2c(C)cccc2C)N([C@@H](CO)C(C)C)C(=O)[C@H]13. The molecule has 3 N–H and O–H groups in total. The molecule has 3 fully saturated rings. The summed E-state index contributed by atoms with van der Waals surface area (Å²) < 4.78 is -0.729. The van der Waals surface area contributed by atoms with E-state index in [4.69, 9.17) is 0 Å². The first-order valence-corrected chi connectivity index (χ1v) is 14.3. The first-order chi connectivity index (χ1) is 16.6. The number of hydrogen-bond acceptors (Lipinski definition) is 5. The molecule has 0 aliphatic carbocycles. The second kappa shape index (κ2) is 10.1. The van der Waals surface area contributed by atoms with E-state index in [-0.39, 0.29) is 40.3 Å². The molecule has 3 amide bonds. The highest BCUT2D eigenvalue weighted by atomic mass is 79.9. The molecule has 192 valence electrons. The molecule has 2 bridgehead atoms. The van der Waals surface area contributed by atoms with Crippen molar-refractivity contribution in [2.45, 2.75) is 74.4 Å². The summed E-state index contributed by atoms with van der Waals surface area (Å²) in [7, 11) is 0. The maximum absolute atomic E-state index is 14.1. The Morgan fingerprint density at radius 1 is 1.26 bits per heavy atom. The molecule has 4 rings (SSSR count). The number of nitrogens with one attached hydrogen (secondary N) is 2. The highest BCUT2D eigenvalue weighted by molar-refractivity contribution is 9.09. The third kappa shape index (κ3) is 4.21. The molecule has 0 aromatic heterocycles. The molecular formula is C26H36BrN3O4S. The lowest BCUT2D eigenvalue weighted by Crippen LogP contribution is -2.56. The Morgan fingerprint density at radius 2 is 1.91 bits per heavy atom. The number of fused-ring (bicyclic) bond motifs is 1. The van der Waals surface area contributed by atoms with Crippen molar-refractivity contribution in [1.82, 2.24) is 10.2 Å². The van der Waals surface area contributed by atoms with Crippen LogP contribution in [0, 0.1) is 31.6 Å². The molecule has 0 radical (unpaired) electrons. The number of benzene rings is 1. The third-order valence-corrected chi connectivity index (χ3v) is 11.1. The van der Waals surface area contributed by atoms with Crippen LogP contribution in [-0.4, -0.2) is 67.8 Å². The van der Waals surface area contributed by atoms with Crippen LogP contribution in [0.4, 0.5) is 5.69 Å². The van der Waals surface area contributed by atoms with Crippen LogP contribution < -0.4 is 10.6 Å². The molecule has 1 aromatic rings. The standard InChI is InChI=1S/C26H36BrN3O4S/c1-6-10-28-23(32)18-19-25(34)30(17(12-31)13(2)3)22(26(19)11-16(27)21(18)35-26)24(33)29-20-14(4)8-7-9-15(20)5/h7-9,13,16-19,21-22,31H,6,10-12H2,1-5H3,(H,28,32)(H,29,33)/t16?,17-,18+,19-,21+,22?,26?/m0/s1. The van der Waals surface area contributed by atoms with Gasteiger partial charge in [0.25, 0.3) is 0 Å². The molecule has 7 atom stereocenters. The number of carbonyl (C=O) groups excluding carboxylic acids is 3. The number of anilines is 1. The number of likely N-dealkylation sites (tertiary alicyclic amines) is 1. The van der Waals surface area contributed by atoms with Crippen LogP contribution in [0.5, 0.6) is 0 Å². The van der Waals surface area contributed by atoms with Gasteiger partial charge in [-0.3, -0.25) is 14.4 Å². The van der Waals surface area contributed by atoms with E-state index in [9.17, 15) is 19.5 Å².